The number of nitrogen functional groups attached to an aromatic ring is 1. The summed E-state index contributed by atoms with van der Waals surface area (Å²) in [4.78, 5) is 12.0. The number of carbonyl (C=O) groups is 1. The molecule has 22 heavy (non-hydrogen) atoms. The molecule has 3 rings (SSSR count). The van der Waals surface area contributed by atoms with Crippen molar-refractivity contribution < 1.29 is 4.79 Å². The molecule has 0 aliphatic rings. The van der Waals surface area contributed by atoms with E-state index in [2.05, 4.69) is 10.5 Å². The summed E-state index contributed by atoms with van der Waals surface area (Å²) < 4.78 is 0. The van der Waals surface area contributed by atoms with Gasteiger partial charge in [0.1, 0.15) is 0 Å². The van der Waals surface area contributed by atoms with Crippen molar-refractivity contribution in [3.63, 3.8) is 0 Å². The second-order valence-electron chi connectivity index (χ2n) is 4.85. The Morgan fingerprint density at radius 1 is 0.955 bits per heavy atom. The van der Waals surface area contributed by atoms with Crippen LogP contribution in [0.25, 0.3) is 10.8 Å². The number of amides is 1. The van der Waals surface area contributed by atoms with Crippen LogP contribution in [0.3, 0.4) is 0 Å². The highest BCUT2D eigenvalue weighted by Crippen LogP contribution is 2.16. The third-order valence-corrected chi connectivity index (χ3v) is 3.40. The van der Waals surface area contributed by atoms with Crippen molar-refractivity contribution in [2.45, 2.75) is 0 Å². The minimum Gasteiger partial charge on any atom is -0.398 e. The van der Waals surface area contributed by atoms with Gasteiger partial charge in [-0.3, -0.25) is 4.79 Å². The lowest BCUT2D eigenvalue weighted by molar-refractivity contribution is 0.0956. The highest BCUT2D eigenvalue weighted by Gasteiger charge is 2.07. The number of fused-ring (bicyclic) bond motifs is 1. The molecule has 0 saturated heterocycles. The first-order valence-corrected chi connectivity index (χ1v) is 6.91. The van der Waals surface area contributed by atoms with Crippen LogP contribution >= 0.6 is 0 Å². The highest BCUT2D eigenvalue weighted by molar-refractivity contribution is 6.02. The van der Waals surface area contributed by atoms with E-state index in [1.54, 1.807) is 30.5 Å². The fourth-order valence-electron chi connectivity index (χ4n) is 2.29. The zero-order chi connectivity index (χ0) is 15.4. The van der Waals surface area contributed by atoms with Crippen LogP contribution in [-0.4, -0.2) is 12.1 Å². The first-order valence-electron chi connectivity index (χ1n) is 6.91. The second-order valence-corrected chi connectivity index (χ2v) is 4.85. The summed E-state index contributed by atoms with van der Waals surface area (Å²) in [6, 6.07) is 20.9. The van der Waals surface area contributed by atoms with Crippen LogP contribution in [-0.2, 0) is 0 Å². The van der Waals surface area contributed by atoms with E-state index >= 15 is 0 Å². The number of hydrogen-bond donors (Lipinski definition) is 2. The smallest absolute Gasteiger partial charge is 0.273 e. The predicted molar refractivity (Wildman–Crippen MR) is 89.9 cm³/mol. The number of carbonyl (C=O) groups excluding carboxylic acids is 1. The van der Waals surface area contributed by atoms with Gasteiger partial charge in [0, 0.05) is 11.3 Å². The standard InChI is InChI=1S/C18H15N3O/c19-17-11-4-3-10-16(17)18(22)21-20-12-14-8-5-7-13-6-1-2-9-15(13)14/h1-12H,19H2,(H,21,22). The number of anilines is 1. The first kappa shape index (κ1) is 13.8. The van der Waals surface area contributed by atoms with Crippen LogP contribution in [0.5, 0.6) is 0 Å². The molecule has 0 aromatic heterocycles. The summed E-state index contributed by atoms with van der Waals surface area (Å²) in [5, 5.41) is 6.24. The van der Waals surface area contributed by atoms with E-state index in [4.69, 9.17) is 5.73 Å². The zero-order valence-corrected chi connectivity index (χ0v) is 11.9. The van der Waals surface area contributed by atoms with E-state index in [-0.39, 0.29) is 5.91 Å². The summed E-state index contributed by atoms with van der Waals surface area (Å²) >= 11 is 0. The van der Waals surface area contributed by atoms with Crippen LogP contribution in [0.15, 0.2) is 71.8 Å². The normalized spacial score (nSPS) is 10.9. The molecular formula is C18H15N3O. The Hall–Kier alpha value is -3.14. The van der Waals surface area contributed by atoms with Gasteiger partial charge in [0.15, 0.2) is 0 Å². The number of benzene rings is 3. The van der Waals surface area contributed by atoms with Gasteiger partial charge in [-0.2, -0.15) is 5.10 Å². The van der Waals surface area contributed by atoms with Crippen LogP contribution in [0, 0.1) is 0 Å². The summed E-state index contributed by atoms with van der Waals surface area (Å²) in [5.41, 5.74) is 10.1. The average molecular weight is 289 g/mol. The van der Waals surface area contributed by atoms with Gasteiger partial charge in [0.05, 0.1) is 11.8 Å². The van der Waals surface area contributed by atoms with Gasteiger partial charge in [-0.15, -0.1) is 0 Å². The molecule has 0 aliphatic carbocycles. The molecule has 0 aliphatic heterocycles. The third-order valence-electron chi connectivity index (χ3n) is 3.40. The second kappa shape index (κ2) is 6.10. The zero-order valence-electron chi connectivity index (χ0n) is 11.9. The number of hydrazone groups is 1. The average Bonchev–Trinajstić information content (AvgIpc) is 2.55. The molecular weight excluding hydrogens is 274 g/mol. The fourth-order valence-corrected chi connectivity index (χ4v) is 2.29. The van der Waals surface area contributed by atoms with Crippen molar-refractivity contribution >= 4 is 28.6 Å². The third kappa shape index (κ3) is 2.81. The number of nitrogens with zero attached hydrogens (tertiary/aromatic N) is 1. The lowest BCUT2D eigenvalue weighted by Gasteiger charge is -2.04. The van der Waals surface area contributed by atoms with Crippen molar-refractivity contribution in [1.82, 2.24) is 5.43 Å². The monoisotopic (exact) mass is 289 g/mol. The summed E-state index contributed by atoms with van der Waals surface area (Å²) in [6.07, 6.45) is 1.64. The molecule has 0 unspecified atom stereocenters. The van der Waals surface area contributed by atoms with Gasteiger partial charge in [-0.1, -0.05) is 54.6 Å². The number of hydrogen-bond acceptors (Lipinski definition) is 3. The van der Waals surface area contributed by atoms with Gasteiger partial charge in [0.2, 0.25) is 0 Å². The van der Waals surface area contributed by atoms with Crippen LogP contribution in [0.2, 0.25) is 0 Å². The summed E-state index contributed by atoms with van der Waals surface area (Å²) in [5.74, 6) is -0.324. The van der Waals surface area contributed by atoms with E-state index in [1.165, 1.54) is 0 Å². The van der Waals surface area contributed by atoms with Crippen LogP contribution in [0.1, 0.15) is 15.9 Å². The lowest BCUT2D eigenvalue weighted by Crippen LogP contribution is -2.19. The van der Waals surface area contributed by atoms with E-state index in [1.807, 2.05) is 42.5 Å². The molecule has 3 aromatic rings. The van der Waals surface area contributed by atoms with Crippen molar-refractivity contribution in [2.75, 3.05) is 5.73 Å². The van der Waals surface area contributed by atoms with E-state index < -0.39 is 0 Å². The number of nitrogens with two attached hydrogens (primary N) is 1. The molecule has 0 bridgehead atoms. The van der Waals surface area contributed by atoms with Crippen molar-refractivity contribution in [1.29, 1.82) is 0 Å². The van der Waals surface area contributed by atoms with Crippen molar-refractivity contribution in [3.8, 4) is 0 Å². The molecule has 0 atom stereocenters. The summed E-state index contributed by atoms with van der Waals surface area (Å²) in [7, 11) is 0. The molecule has 4 heteroatoms. The van der Waals surface area contributed by atoms with Gasteiger partial charge < -0.3 is 5.73 Å². The molecule has 3 aromatic carbocycles. The topological polar surface area (TPSA) is 67.5 Å². The molecule has 0 spiro atoms. The van der Waals surface area contributed by atoms with Crippen LogP contribution < -0.4 is 11.2 Å². The van der Waals surface area contributed by atoms with Crippen LogP contribution in [0.4, 0.5) is 5.69 Å². The van der Waals surface area contributed by atoms with E-state index in [0.717, 1.165) is 16.3 Å². The first-order chi connectivity index (χ1) is 10.8. The van der Waals surface area contributed by atoms with E-state index in [9.17, 15) is 4.79 Å². The molecule has 0 heterocycles. The number of nitrogens with one attached hydrogen (secondary N) is 1. The van der Waals surface area contributed by atoms with Gasteiger partial charge in [0.25, 0.3) is 5.91 Å². The van der Waals surface area contributed by atoms with Gasteiger partial charge in [-0.05, 0) is 22.9 Å². The quantitative estimate of drug-likeness (QED) is 0.442. The molecule has 0 saturated carbocycles. The van der Waals surface area contributed by atoms with E-state index in [0.29, 0.717) is 11.3 Å². The van der Waals surface area contributed by atoms with Crippen molar-refractivity contribution in [2.24, 2.45) is 5.10 Å². The maximum Gasteiger partial charge on any atom is 0.273 e. The largest absolute Gasteiger partial charge is 0.398 e. The maximum absolute atomic E-state index is 12.0. The molecule has 3 N–H and O–H groups in total. The SMILES string of the molecule is Nc1ccccc1C(=O)NN=Cc1cccc2ccccc12. The Balaban J connectivity index is 1.80. The van der Waals surface area contributed by atoms with Crippen molar-refractivity contribution in [3.05, 3.63) is 77.9 Å². The van der Waals surface area contributed by atoms with Gasteiger partial charge >= 0.3 is 0 Å². The minimum absolute atomic E-state index is 0.324. The minimum atomic E-state index is -0.324. The Morgan fingerprint density at radius 2 is 1.68 bits per heavy atom. The Bertz CT molecular complexity index is 850. The fraction of sp³-hybridized carbons (Fsp3) is 0. The molecule has 4 nitrogen and oxygen atoms in total. The molecule has 108 valence electrons. The number of para-hydroxylation sites is 1. The molecule has 1 amide bonds. The molecule has 0 fully saturated rings. The lowest BCUT2D eigenvalue weighted by atomic mass is 10.1. The summed E-state index contributed by atoms with van der Waals surface area (Å²) in [6.45, 7) is 0. The Kier molecular flexibility index (Phi) is 3.83. The Morgan fingerprint density at radius 3 is 2.55 bits per heavy atom. The Labute approximate surface area is 128 Å². The maximum atomic E-state index is 12.0. The molecule has 0 radical (unpaired) electrons. The van der Waals surface area contributed by atoms with Gasteiger partial charge in [-0.25, -0.2) is 5.43 Å². The number of rotatable bonds is 3. The predicted octanol–water partition coefficient (Wildman–Crippen LogP) is 3.19. The highest BCUT2D eigenvalue weighted by atomic mass is 16.2.